The van der Waals surface area contributed by atoms with Gasteiger partial charge in [0.15, 0.2) is 0 Å². The van der Waals surface area contributed by atoms with Gasteiger partial charge in [0.2, 0.25) is 0 Å². The average Bonchev–Trinajstić information content (AvgIpc) is 2.51. The fraction of sp³-hybridized carbons (Fsp3) is 0.650. The number of carbonyl (C=O) groups is 1. The van der Waals surface area contributed by atoms with Gasteiger partial charge in [0, 0.05) is 6.42 Å². The van der Waals surface area contributed by atoms with E-state index in [-0.39, 0.29) is 6.10 Å². The van der Waals surface area contributed by atoms with Crippen LogP contribution in [0.3, 0.4) is 0 Å². The molecule has 132 valence electrons. The lowest BCUT2D eigenvalue weighted by molar-refractivity contribution is -0.137. The molecule has 3 nitrogen and oxygen atoms in total. The summed E-state index contributed by atoms with van der Waals surface area (Å²) in [5, 5.41) is 18.2. The van der Waals surface area contributed by atoms with Crippen molar-refractivity contribution in [2.75, 3.05) is 0 Å². The summed E-state index contributed by atoms with van der Waals surface area (Å²) in [6, 6.07) is 0. The van der Waals surface area contributed by atoms with E-state index in [9.17, 15) is 9.90 Å². The first-order chi connectivity index (χ1) is 11.2. The number of allylic oxidation sites excluding steroid dienone is 5. The monoisotopic (exact) mass is 322 g/mol. The van der Waals surface area contributed by atoms with Crippen LogP contribution in [0, 0.1) is 0 Å². The lowest BCUT2D eigenvalue weighted by Gasteiger charge is -2.02. The zero-order chi connectivity index (χ0) is 17.2. The molecule has 2 N–H and O–H groups in total. The SMILES string of the molecule is CCCCCC(O)/C=C/C=CCC=CCCCCCCC(=O)O. The topological polar surface area (TPSA) is 57.5 Å². The molecule has 0 aromatic rings. The van der Waals surface area contributed by atoms with Gasteiger partial charge in [0.05, 0.1) is 6.10 Å². The second-order valence-electron chi connectivity index (χ2n) is 5.93. The van der Waals surface area contributed by atoms with Crippen molar-refractivity contribution >= 4 is 5.97 Å². The number of aliphatic hydroxyl groups is 1. The molecule has 0 amide bonds. The third-order valence-electron chi connectivity index (χ3n) is 3.63. The van der Waals surface area contributed by atoms with E-state index in [1.807, 2.05) is 18.2 Å². The smallest absolute Gasteiger partial charge is 0.303 e. The Hall–Kier alpha value is -1.35. The van der Waals surface area contributed by atoms with Crippen LogP contribution in [0.2, 0.25) is 0 Å². The molecular formula is C20H34O3. The Morgan fingerprint density at radius 1 is 0.957 bits per heavy atom. The van der Waals surface area contributed by atoms with E-state index in [0.717, 1.165) is 51.4 Å². The molecule has 23 heavy (non-hydrogen) atoms. The maximum Gasteiger partial charge on any atom is 0.303 e. The van der Waals surface area contributed by atoms with E-state index in [2.05, 4.69) is 25.2 Å². The summed E-state index contributed by atoms with van der Waals surface area (Å²) in [5.74, 6) is -0.695. The number of carboxylic acid groups (broad SMARTS) is 1. The Morgan fingerprint density at radius 3 is 2.48 bits per heavy atom. The molecular weight excluding hydrogens is 288 g/mol. The number of carboxylic acids is 1. The highest BCUT2D eigenvalue weighted by molar-refractivity contribution is 5.66. The van der Waals surface area contributed by atoms with Crippen molar-refractivity contribution in [2.24, 2.45) is 0 Å². The number of hydrogen-bond donors (Lipinski definition) is 2. The van der Waals surface area contributed by atoms with Crippen molar-refractivity contribution in [3.8, 4) is 0 Å². The number of aliphatic carboxylic acids is 1. The van der Waals surface area contributed by atoms with Gasteiger partial charge in [-0.15, -0.1) is 0 Å². The number of hydrogen-bond acceptors (Lipinski definition) is 2. The molecule has 0 fully saturated rings. The predicted octanol–water partition coefficient (Wildman–Crippen LogP) is 5.41. The first kappa shape index (κ1) is 21.6. The van der Waals surface area contributed by atoms with Gasteiger partial charge < -0.3 is 10.2 Å². The van der Waals surface area contributed by atoms with Crippen LogP contribution in [0.25, 0.3) is 0 Å². The summed E-state index contributed by atoms with van der Waals surface area (Å²) >= 11 is 0. The van der Waals surface area contributed by atoms with Gasteiger partial charge in [-0.2, -0.15) is 0 Å². The molecule has 0 spiro atoms. The molecule has 3 heteroatoms. The maximum absolute atomic E-state index is 10.3. The highest BCUT2D eigenvalue weighted by Gasteiger charge is 1.96. The molecule has 0 rings (SSSR count). The molecule has 0 saturated carbocycles. The van der Waals surface area contributed by atoms with Crippen LogP contribution < -0.4 is 0 Å². The molecule has 0 saturated heterocycles. The number of unbranched alkanes of at least 4 members (excludes halogenated alkanes) is 6. The van der Waals surface area contributed by atoms with Gasteiger partial charge in [-0.1, -0.05) is 75.5 Å². The second-order valence-corrected chi connectivity index (χ2v) is 5.93. The Kier molecular flexibility index (Phi) is 16.0. The quantitative estimate of drug-likeness (QED) is 0.241. The number of aliphatic hydroxyl groups excluding tert-OH is 1. The van der Waals surface area contributed by atoms with E-state index in [1.165, 1.54) is 12.8 Å². The van der Waals surface area contributed by atoms with Crippen LogP contribution in [0.4, 0.5) is 0 Å². The highest BCUT2D eigenvalue weighted by atomic mass is 16.4. The van der Waals surface area contributed by atoms with Crippen LogP contribution in [-0.2, 0) is 4.79 Å². The molecule has 0 heterocycles. The molecule has 0 radical (unpaired) electrons. The highest BCUT2D eigenvalue weighted by Crippen LogP contribution is 2.06. The largest absolute Gasteiger partial charge is 0.481 e. The van der Waals surface area contributed by atoms with Crippen molar-refractivity contribution in [3.05, 3.63) is 36.5 Å². The fourth-order valence-corrected chi connectivity index (χ4v) is 2.23. The first-order valence-corrected chi connectivity index (χ1v) is 9.05. The minimum absolute atomic E-state index is 0.293. The standard InChI is InChI=1S/C20H34O3/c1-2-3-13-16-19(21)17-14-11-9-7-5-4-6-8-10-12-15-18-20(22)23/h4-5,9,11,14,17,19,21H,2-3,6-8,10,12-13,15-16,18H2,1H3,(H,22,23)/b5-4?,11-9?,17-14+. The van der Waals surface area contributed by atoms with Crippen LogP contribution >= 0.6 is 0 Å². The van der Waals surface area contributed by atoms with Gasteiger partial charge in [0.25, 0.3) is 0 Å². The molecule has 1 atom stereocenters. The van der Waals surface area contributed by atoms with Gasteiger partial charge >= 0.3 is 5.97 Å². The van der Waals surface area contributed by atoms with E-state index in [0.29, 0.717) is 6.42 Å². The van der Waals surface area contributed by atoms with Gasteiger partial charge in [-0.05, 0) is 32.1 Å². The predicted molar refractivity (Wildman–Crippen MR) is 97.5 cm³/mol. The summed E-state index contributed by atoms with van der Waals surface area (Å²) in [4.78, 5) is 10.3. The van der Waals surface area contributed by atoms with E-state index < -0.39 is 5.97 Å². The lowest BCUT2D eigenvalue weighted by Crippen LogP contribution is -2.00. The van der Waals surface area contributed by atoms with Crippen molar-refractivity contribution in [2.45, 2.75) is 83.7 Å². The number of rotatable bonds is 15. The van der Waals surface area contributed by atoms with E-state index >= 15 is 0 Å². The lowest BCUT2D eigenvalue weighted by atomic mass is 10.1. The third kappa shape index (κ3) is 18.6. The van der Waals surface area contributed by atoms with Gasteiger partial charge in [0.1, 0.15) is 0 Å². The van der Waals surface area contributed by atoms with Crippen molar-refractivity contribution in [1.29, 1.82) is 0 Å². The molecule has 0 aromatic heterocycles. The summed E-state index contributed by atoms with van der Waals surface area (Å²) in [7, 11) is 0. The molecule has 1 unspecified atom stereocenters. The van der Waals surface area contributed by atoms with Crippen LogP contribution in [-0.4, -0.2) is 22.3 Å². The molecule has 0 aliphatic rings. The van der Waals surface area contributed by atoms with E-state index in [4.69, 9.17) is 5.11 Å². The van der Waals surface area contributed by atoms with Crippen LogP contribution in [0.15, 0.2) is 36.5 Å². The summed E-state index contributed by atoms with van der Waals surface area (Å²) < 4.78 is 0. The van der Waals surface area contributed by atoms with Gasteiger partial charge in [-0.3, -0.25) is 4.79 Å². The maximum atomic E-state index is 10.3. The molecule has 0 aromatic carbocycles. The van der Waals surface area contributed by atoms with Crippen LogP contribution in [0.1, 0.15) is 77.6 Å². The minimum Gasteiger partial charge on any atom is -0.481 e. The Balaban J connectivity index is 3.45. The Labute approximate surface area is 141 Å². The normalized spacial score (nSPS) is 13.5. The summed E-state index contributed by atoms with van der Waals surface area (Å²) in [6.07, 6.45) is 22.5. The summed E-state index contributed by atoms with van der Waals surface area (Å²) in [5.41, 5.74) is 0. The van der Waals surface area contributed by atoms with Crippen LogP contribution in [0.5, 0.6) is 0 Å². The average molecular weight is 322 g/mol. The minimum atomic E-state index is -0.695. The van der Waals surface area contributed by atoms with Crippen molar-refractivity contribution in [1.82, 2.24) is 0 Å². The van der Waals surface area contributed by atoms with E-state index in [1.54, 1.807) is 0 Å². The fourth-order valence-electron chi connectivity index (χ4n) is 2.23. The molecule has 0 aliphatic carbocycles. The second kappa shape index (κ2) is 17.0. The van der Waals surface area contributed by atoms with Gasteiger partial charge in [-0.25, -0.2) is 0 Å². The molecule has 0 aliphatic heterocycles. The zero-order valence-corrected chi connectivity index (χ0v) is 14.6. The Bertz CT molecular complexity index is 356. The van der Waals surface area contributed by atoms with Crippen molar-refractivity contribution in [3.63, 3.8) is 0 Å². The first-order valence-electron chi connectivity index (χ1n) is 9.05. The van der Waals surface area contributed by atoms with Crippen molar-refractivity contribution < 1.29 is 15.0 Å². The zero-order valence-electron chi connectivity index (χ0n) is 14.6. The Morgan fingerprint density at radius 2 is 1.74 bits per heavy atom. The molecule has 0 bridgehead atoms. The third-order valence-corrected chi connectivity index (χ3v) is 3.63. The summed E-state index contributed by atoms with van der Waals surface area (Å²) in [6.45, 7) is 2.16.